The van der Waals surface area contributed by atoms with Crippen LogP contribution >= 0.6 is 0 Å². The number of fused-ring (bicyclic) bond motifs is 1. The second kappa shape index (κ2) is 5.62. The highest BCUT2D eigenvalue weighted by molar-refractivity contribution is 6.04. The first kappa shape index (κ1) is 14.1. The quantitative estimate of drug-likeness (QED) is 0.770. The third-order valence-electron chi connectivity index (χ3n) is 3.80. The molecule has 0 unspecified atom stereocenters. The summed E-state index contributed by atoms with van der Waals surface area (Å²) in [6, 6.07) is 14.7. The Hall–Kier alpha value is -3.48. The van der Waals surface area contributed by atoms with Gasteiger partial charge in [0.2, 0.25) is 0 Å². The molecule has 4 rings (SSSR count). The number of hydrogen-bond donors (Lipinski definition) is 2. The van der Waals surface area contributed by atoms with Gasteiger partial charge < -0.3 is 10.6 Å². The third-order valence-corrected chi connectivity index (χ3v) is 3.80. The van der Waals surface area contributed by atoms with E-state index in [-0.39, 0.29) is 17.5 Å². The number of amides is 2. The molecule has 2 amide bonds. The Morgan fingerprint density at radius 3 is 2.83 bits per heavy atom. The van der Waals surface area contributed by atoms with Crippen LogP contribution in [0.4, 0.5) is 5.69 Å². The highest BCUT2D eigenvalue weighted by Crippen LogP contribution is 2.20. The van der Waals surface area contributed by atoms with E-state index in [4.69, 9.17) is 0 Å². The van der Waals surface area contributed by atoms with Crippen molar-refractivity contribution in [2.45, 2.75) is 6.54 Å². The van der Waals surface area contributed by atoms with E-state index in [0.717, 1.165) is 11.3 Å². The van der Waals surface area contributed by atoms with Crippen molar-refractivity contribution in [3.05, 3.63) is 71.5 Å². The molecule has 3 aromatic rings. The van der Waals surface area contributed by atoms with Crippen molar-refractivity contribution in [2.24, 2.45) is 0 Å². The number of carbonyl (C=O) groups is 2. The second-order valence-electron chi connectivity index (χ2n) is 5.39. The average molecular weight is 319 g/mol. The highest BCUT2D eigenvalue weighted by Gasteiger charge is 2.19. The fourth-order valence-electron chi connectivity index (χ4n) is 2.56. The van der Waals surface area contributed by atoms with E-state index in [1.807, 2.05) is 36.4 Å². The first-order chi connectivity index (χ1) is 11.7. The van der Waals surface area contributed by atoms with Gasteiger partial charge in [0.15, 0.2) is 5.69 Å². The number of anilines is 1. The van der Waals surface area contributed by atoms with E-state index >= 15 is 0 Å². The van der Waals surface area contributed by atoms with E-state index in [0.29, 0.717) is 17.8 Å². The van der Waals surface area contributed by atoms with Gasteiger partial charge in [0.05, 0.1) is 11.9 Å². The summed E-state index contributed by atoms with van der Waals surface area (Å²) < 4.78 is 1.53. The molecule has 24 heavy (non-hydrogen) atoms. The van der Waals surface area contributed by atoms with E-state index < -0.39 is 0 Å². The van der Waals surface area contributed by atoms with Gasteiger partial charge in [-0.2, -0.15) is 0 Å². The fraction of sp³-hybridized carbons (Fsp3) is 0.0588. The van der Waals surface area contributed by atoms with Crippen LogP contribution in [0.5, 0.6) is 0 Å². The summed E-state index contributed by atoms with van der Waals surface area (Å²) in [4.78, 5) is 24.0. The molecule has 1 aliphatic rings. The van der Waals surface area contributed by atoms with Crippen LogP contribution in [-0.4, -0.2) is 26.8 Å². The number of carbonyl (C=O) groups excluding carboxylic acids is 2. The third kappa shape index (κ3) is 2.52. The molecule has 2 aromatic carbocycles. The van der Waals surface area contributed by atoms with Gasteiger partial charge >= 0.3 is 0 Å². The van der Waals surface area contributed by atoms with Crippen LogP contribution in [0.15, 0.2) is 54.7 Å². The van der Waals surface area contributed by atoms with Crippen molar-refractivity contribution in [3.8, 4) is 5.69 Å². The van der Waals surface area contributed by atoms with Gasteiger partial charge in [0.25, 0.3) is 11.8 Å². The Labute approximate surface area is 137 Å². The summed E-state index contributed by atoms with van der Waals surface area (Å²) in [5.74, 6) is -0.508. The molecule has 0 bridgehead atoms. The number of para-hydroxylation sites is 1. The molecule has 0 fully saturated rings. The van der Waals surface area contributed by atoms with Crippen LogP contribution in [0.25, 0.3) is 5.69 Å². The molecule has 0 atom stereocenters. The van der Waals surface area contributed by atoms with Crippen LogP contribution in [0.3, 0.4) is 0 Å². The minimum Gasteiger partial charge on any atom is -0.348 e. The molecule has 7 heteroatoms. The van der Waals surface area contributed by atoms with Crippen LogP contribution in [0, 0.1) is 0 Å². The van der Waals surface area contributed by atoms with Crippen LogP contribution in [0.2, 0.25) is 0 Å². The molecule has 1 aliphatic heterocycles. The SMILES string of the molecule is O=C(Nc1ccc2c(c1)C(=O)NC2)c1cn(-c2ccccc2)nn1. The maximum Gasteiger partial charge on any atom is 0.277 e. The molecule has 0 saturated heterocycles. The lowest BCUT2D eigenvalue weighted by molar-refractivity contribution is 0.0964. The van der Waals surface area contributed by atoms with E-state index in [1.165, 1.54) is 4.68 Å². The summed E-state index contributed by atoms with van der Waals surface area (Å²) in [5, 5.41) is 13.3. The number of nitrogens with zero attached hydrogens (tertiary/aromatic N) is 3. The molecule has 0 spiro atoms. The Kier molecular flexibility index (Phi) is 3.31. The Morgan fingerprint density at radius 1 is 1.17 bits per heavy atom. The van der Waals surface area contributed by atoms with Gasteiger partial charge in [0, 0.05) is 17.8 Å². The molecule has 118 valence electrons. The Bertz CT molecular complexity index is 933. The lowest BCUT2D eigenvalue weighted by Crippen LogP contribution is -2.14. The first-order valence-electron chi connectivity index (χ1n) is 7.41. The van der Waals surface area contributed by atoms with Crippen molar-refractivity contribution < 1.29 is 9.59 Å². The number of benzene rings is 2. The summed E-state index contributed by atoms with van der Waals surface area (Å²) in [7, 11) is 0. The van der Waals surface area contributed by atoms with Gasteiger partial charge in [-0.1, -0.05) is 29.5 Å². The molecule has 2 N–H and O–H groups in total. The zero-order chi connectivity index (χ0) is 16.5. The summed E-state index contributed by atoms with van der Waals surface area (Å²) >= 11 is 0. The number of aromatic nitrogens is 3. The van der Waals surface area contributed by atoms with E-state index in [1.54, 1.807) is 18.3 Å². The van der Waals surface area contributed by atoms with Crippen LogP contribution in [-0.2, 0) is 6.54 Å². The fourth-order valence-corrected chi connectivity index (χ4v) is 2.56. The summed E-state index contributed by atoms with van der Waals surface area (Å²) in [5.41, 5.74) is 3.07. The minimum atomic E-state index is -0.379. The molecular weight excluding hydrogens is 306 g/mol. The number of nitrogens with one attached hydrogen (secondary N) is 2. The standard InChI is InChI=1S/C17H13N5O2/c23-16-14-8-12(7-6-11(14)9-18-16)19-17(24)15-10-22(21-20-15)13-4-2-1-3-5-13/h1-8,10H,9H2,(H,18,23)(H,19,24). The molecule has 7 nitrogen and oxygen atoms in total. The number of hydrogen-bond acceptors (Lipinski definition) is 4. The first-order valence-corrected chi connectivity index (χ1v) is 7.41. The molecule has 0 radical (unpaired) electrons. The van der Waals surface area contributed by atoms with Gasteiger partial charge in [-0.3, -0.25) is 9.59 Å². The van der Waals surface area contributed by atoms with Gasteiger partial charge in [-0.05, 0) is 29.8 Å². The average Bonchev–Trinajstić information content (AvgIpc) is 3.24. The van der Waals surface area contributed by atoms with Gasteiger partial charge in [0.1, 0.15) is 0 Å². The normalized spacial score (nSPS) is 12.6. The predicted molar refractivity (Wildman–Crippen MR) is 86.9 cm³/mol. The lowest BCUT2D eigenvalue weighted by Gasteiger charge is -2.04. The van der Waals surface area contributed by atoms with Crippen molar-refractivity contribution >= 4 is 17.5 Å². The molecule has 0 aliphatic carbocycles. The molecule has 0 saturated carbocycles. The van der Waals surface area contributed by atoms with Crippen molar-refractivity contribution in [1.29, 1.82) is 0 Å². The summed E-state index contributed by atoms with van der Waals surface area (Å²) in [6.07, 6.45) is 1.56. The maximum atomic E-state index is 12.3. The zero-order valence-electron chi connectivity index (χ0n) is 12.6. The molecule has 2 heterocycles. The van der Waals surface area contributed by atoms with Crippen LogP contribution in [0.1, 0.15) is 26.4 Å². The predicted octanol–water partition coefficient (Wildman–Crippen LogP) is 1.76. The van der Waals surface area contributed by atoms with E-state index in [9.17, 15) is 9.59 Å². The highest BCUT2D eigenvalue weighted by atomic mass is 16.2. The Morgan fingerprint density at radius 2 is 2.00 bits per heavy atom. The molecule has 1 aromatic heterocycles. The number of rotatable bonds is 3. The van der Waals surface area contributed by atoms with Crippen molar-refractivity contribution in [2.75, 3.05) is 5.32 Å². The van der Waals surface area contributed by atoms with Crippen molar-refractivity contribution in [3.63, 3.8) is 0 Å². The largest absolute Gasteiger partial charge is 0.348 e. The topological polar surface area (TPSA) is 88.9 Å². The Balaban J connectivity index is 1.54. The smallest absolute Gasteiger partial charge is 0.277 e. The monoisotopic (exact) mass is 319 g/mol. The minimum absolute atomic E-state index is 0.129. The maximum absolute atomic E-state index is 12.3. The van der Waals surface area contributed by atoms with Crippen molar-refractivity contribution in [1.82, 2.24) is 20.3 Å². The zero-order valence-corrected chi connectivity index (χ0v) is 12.6. The van der Waals surface area contributed by atoms with Crippen LogP contribution < -0.4 is 10.6 Å². The van der Waals surface area contributed by atoms with Gasteiger partial charge in [-0.15, -0.1) is 5.10 Å². The lowest BCUT2D eigenvalue weighted by atomic mass is 10.1. The summed E-state index contributed by atoms with van der Waals surface area (Å²) in [6.45, 7) is 0.522. The van der Waals surface area contributed by atoms with E-state index in [2.05, 4.69) is 20.9 Å². The molecular formula is C17H13N5O2. The second-order valence-corrected chi connectivity index (χ2v) is 5.39. The van der Waals surface area contributed by atoms with Gasteiger partial charge in [-0.25, -0.2) is 4.68 Å².